The molecular formula is C10H15N3O4. The Morgan fingerprint density at radius 1 is 1.47 bits per heavy atom. The summed E-state index contributed by atoms with van der Waals surface area (Å²) >= 11 is 0. The van der Waals surface area contributed by atoms with Gasteiger partial charge in [-0.1, -0.05) is 13.3 Å². The highest BCUT2D eigenvalue weighted by Crippen LogP contribution is 2.07. The molecule has 17 heavy (non-hydrogen) atoms. The predicted octanol–water partition coefficient (Wildman–Crippen LogP) is -0.691. The Labute approximate surface area is 97.1 Å². The van der Waals surface area contributed by atoms with Gasteiger partial charge >= 0.3 is 5.69 Å². The number of aromatic hydroxyl groups is 1. The molecule has 0 atom stereocenters. The molecule has 0 bridgehead atoms. The van der Waals surface area contributed by atoms with Crippen LogP contribution in [0.4, 0.5) is 0 Å². The maximum atomic E-state index is 11.6. The Hall–Kier alpha value is -2.05. The lowest BCUT2D eigenvalue weighted by molar-refractivity contribution is 0.0947. The summed E-state index contributed by atoms with van der Waals surface area (Å²) in [6.45, 7) is 2.37. The van der Waals surface area contributed by atoms with Gasteiger partial charge in [0.2, 0.25) is 5.88 Å². The summed E-state index contributed by atoms with van der Waals surface area (Å²) in [5.41, 5.74) is -2.10. The Kier molecular flexibility index (Phi) is 4.08. The molecule has 0 unspecified atom stereocenters. The summed E-state index contributed by atoms with van der Waals surface area (Å²) < 4.78 is 0.802. The van der Waals surface area contributed by atoms with Gasteiger partial charge in [-0.3, -0.25) is 19.1 Å². The molecule has 1 heterocycles. The number of rotatable bonds is 4. The fourth-order valence-electron chi connectivity index (χ4n) is 1.28. The molecule has 0 spiro atoms. The third-order valence-electron chi connectivity index (χ3n) is 2.34. The van der Waals surface area contributed by atoms with Gasteiger partial charge in [0.15, 0.2) is 5.56 Å². The van der Waals surface area contributed by atoms with Crippen LogP contribution in [0.1, 0.15) is 30.1 Å². The van der Waals surface area contributed by atoms with E-state index in [1.165, 1.54) is 7.05 Å². The third kappa shape index (κ3) is 2.74. The minimum absolute atomic E-state index is 0.414. The van der Waals surface area contributed by atoms with Crippen LogP contribution in [0, 0.1) is 0 Å². The zero-order valence-electron chi connectivity index (χ0n) is 9.74. The van der Waals surface area contributed by atoms with Gasteiger partial charge < -0.3 is 10.4 Å². The number of nitrogens with zero attached hydrogens (tertiary/aromatic N) is 1. The van der Waals surface area contributed by atoms with E-state index < -0.39 is 28.6 Å². The van der Waals surface area contributed by atoms with E-state index in [9.17, 15) is 19.5 Å². The van der Waals surface area contributed by atoms with Crippen molar-refractivity contribution in [2.75, 3.05) is 6.54 Å². The van der Waals surface area contributed by atoms with Crippen LogP contribution in [0.3, 0.4) is 0 Å². The van der Waals surface area contributed by atoms with Crippen molar-refractivity contribution in [3.63, 3.8) is 0 Å². The van der Waals surface area contributed by atoms with E-state index >= 15 is 0 Å². The first-order valence-electron chi connectivity index (χ1n) is 5.29. The molecule has 0 saturated carbocycles. The average Bonchev–Trinajstić information content (AvgIpc) is 2.26. The Bertz CT molecular complexity index is 529. The van der Waals surface area contributed by atoms with Crippen LogP contribution in [0.25, 0.3) is 0 Å². The smallest absolute Gasteiger partial charge is 0.330 e. The standard InChI is InChI=1S/C10H15N3O4/c1-3-4-5-11-7(14)6-8(15)12-10(17)13(2)9(6)16/h16H,3-5H2,1-2H3,(H,11,14)(H,12,15,17). The molecule has 7 nitrogen and oxygen atoms in total. The highest BCUT2D eigenvalue weighted by atomic mass is 16.3. The van der Waals surface area contributed by atoms with Crippen molar-refractivity contribution >= 4 is 5.91 Å². The van der Waals surface area contributed by atoms with Gasteiger partial charge in [0.05, 0.1) is 0 Å². The van der Waals surface area contributed by atoms with Gasteiger partial charge in [-0.2, -0.15) is 0 Å². The van der Waals surface area contributed by atoms with E-state index in [0.717, 1.165) is 17.4 Å². The van der Waals surface area contributed by atoms with E-state index in [1.54, 1.807) is 0 Å². The van der Waals surface area contributed by atoms with Crippen molar-refractivity contribution in [2.24, 2.45) is 7.05 Å². The van der Waals surface area contributed by atoms with Crippen molar-refractivity contribution in [1.82, 2.24) is 14.9 Å². The number of unbranched alkanes of at least 4 members (excludes halogenated alkanes) is 1. The molecule has 0 saturated heterocycles. The molecule has 1 rings (SSSR count). The number of nitrogens with one attached hydrogen (secondary N) is 2. The summed E-state index contributed by atoms with van der Waals surface area (Å²) in [7, 11) is 1.26. The first-order chi connectivity index (χ1) is 7.99. The molecule has 1 aromatic heterocycles. The van der Waals surface area contributed by atoms with Gasteiger partial charge in [0.1, 0.15) is 0 Å². The second-order valence-electron chi connectivity index (χ2n) is 3.63. The Morgan fingerprint density at radius 2 is 2.12 bits per heavy atom. The first kappa shape index (κ1) is 13.0. The summed E-state index contributed by atoms with van der Waals surface area (Å²) in [4.78, 5) is 36.1. The maximum Gasteiger partial charge on any atom is 0.330 e. The number of hydrogen-bond donors (Lipinski definition) is 3. The highest BCUT2D eigenvalue weighted by Gasteiger charge is 2.18. The summed E-state index contributed by atoms with van der Waals surface area (Å²) in [6, 6.07) is 0. The van der Waals surface area contributed by atoms with Crippen LogP contribution in [-0.2, 0) is 7.05 Å². The Balaban J connectivity index is 3.06. The Morgan fingerprint density at radius 3 is 2.71 bits per heavy atom. The lowest BCUT2D eigenvalue weighted by atomic mass is 10.2. The van der Waals surface area contributed by atoms with Crippen molar-refractivity contribution in [3.05, 3.63) is 26.4 Å². The zero-order chi connectivity index (χ0) is 13.0. The molecule has 0 aliphatic heterocycles. The largest absolute Gasteiger partial charge is 0.494 e. The van der Waals surface area contributed by atoms with E-state index in [2.05, 4.69) is 5.32 Å². The van der Waals surface area contributed by atoms with Gasteiger partial charge in [0.25, 0.3) is 11.5 Å². The monoisotopic (exact) mass is 241 g/mol. The molecule has 1 aromatic rings. The SMILES string of the molecule is CCCCNC(=O)c1c(O)n(C)c(=O)[nH]c1=O. The van der Waals surface area contributed by atoms with Crippen molar-refractivity contribution in [2.45, 2.75) is 19.8 Å². The van der Waals surface area contributed by atoms with Crippen LogP contribution in [-0.4, -0.2) is 27.1 Å². The van der Waals surface area contributed by atoms with E-state index in [1.807, 2.05) is 11.9 Å². The fourth-order valence-corrected chi connectivity index (χ4v) is 1.28. The average molecular weight is 241 g/mol. The normalized spacial score (nSPS) is 10.2. The second kappa shape index (κ2) is 5.33. The first-order valence-corrected chi connectivity index (χ1v) is 5.29. The molecule has 0 radical (unpaired) electrons. The predicted molar refractivity (Wildman–Crippen MR) is 61.2 cm³/mol. The van der Waals surface area contributed by atoms with Gasteiger partial charge in [-0.25, -0.2) is 4.79 Å². The number of aromatic nitrogens is 2. The number of carbonyl (C=O) groups is 1. The third-order valence-corrected chi connectivity index (χ3v) is 2.34. The number of hydrogen-bond acceptors (Lipinski definition) is 4. The molecule has 0 fully saturated rings. The molecule has 94 valence electrons. The van der Waals surface area contributed by atoms with Crippen LogP contribution in [0.5, 0.6) is 5.88 Å². The number of aromatic amines is 1. The number of carbonyl (C=O) groups excluding carboxylic acids is 1. The van der Waals surface area contributed by atoms with Crippen LogP contribution < -0.4 is 16.6 Å². The molecule has 1 amide bonds. The van der Waals surface area contributed by atoms with Gasteiger partial charge in [0, 0.05) is 13.6 Å². The fraction of sp³-hybridized carbons (Fsp3) is 0.500. The molecule has 3 N–H and O–H groups in total. The van der Waals surface area contributed by atoms with E-state index in [4.69, 9.17) is 0 Å². The van der Waals surface area contributed by atoms with E-state index in [-0.39, 0.29) is 0 Å². The van der Waals surface area contributed by atoms with Crippen molar-refractivity contribution in [3.8, 4) is 5.88 Å². The quantitative estimate of drug-likeness (QED) is 0.607. The minimum Gasteiger partial charge on any atom is -0.494 e. The molecular weight excluding hydrogens is 226 g/mol. The van der Waals surface area contributed by atoms with E-state index in [0.29, 0.717) is 6.54 Å². The lowest BCUT2D eigenvalue weighted by Gasteiger charge is -2.07. The van der Waals surface area contributed by atoms with Crippen LogP contribution in [0.2, 0.25) is 0 Å². The highest BCUT2D eigenvalue weighted by molar-refractivity contribution is 5.95. The van der Waals surface area contributed by atoms with Gasteiger partial charge in [-0.15, -0.1) is 0 Å². The summed E-state index contributed by atoms with van der Waals surface area (Å²) in [5, 5.41) is 12.1. The maximum absolute atomic E-state index is 11.6. The zero-order valence-corrected chi connectivity index (χ0v) is 9.74. The number of amides is 1. The molecule has 0 aliphatic carbocycles. The lowest BCUT2D eigenvalue weighted by Crippen LogP contribution is -2.36. The molecule has 7 heteroatoms. The topological polar surface area (TPSA) is 104 Å². The second-order valence-corrected chi connectivity index (χ2v) is 3.63. The summed E-state index contributed by atoms with van der Waals surface area (Å²) in [6.07, 6.45) is 1.67. The summed E-state index contributed by atoms with van der Waals surface area (Å²) in [5.74, 6) is -1.32. The molecule has 0 aliphatic rings. The van der Waals surface area contributed by atoms with Crippen LogP contribution in [0.15, 0.2) is 9.59 Å². The van der Waals surface area contributed by atoms with Crippen LogP contribution >= 0.6 is 0 Å². The van der Waals surface area contributed by atoms with Gasteiger partial charge in [-0.05, 0) is 6.42 Å². The molecule has 0 aromatic carbocycles. The van der Waals surface area contributed by atoms with Crippen molar-refractivity contribution < 1.29 is 9.90 Å². The minimum atomic E-state index is -0.889. The number of H-pyrrole nitrogens is 1. The van der Waals surface area contributed by atoms with Crippen molar-refractivity contribution in [1.29, 1.82) is 0 Å².